The highest BCUT2D eigenvalue weighted by molar-refractivity contribution is 7.13. The van der Waals surface area contributed by atoms with Crippen LogP contribution in [-0.4, -0.2) is 18.7 Å². The van der Waals surface area contributed by atoms with Gasteiger partial charge in [0.25, 0.3) is 0 Å². The maximum atomic E-state index is 4.75. The molecule has 0 radical (unpaired) electrons. The standard InChI is InChI=1S/C20H22N4S2/c1-19(2,3)18-15-13(23-26-18)9-12(11-22-15)10-20(4,5)17-16-14(25-24-17)7-6-8-21-16/h6-9,11H,10H2,1-5H3. The van der Waals surface area contributed by atoms with Crippen molar-refractivity contribution >= 4 is 44.3 Å². The first-order valence-corrected chi connectivity index (χ1v) is 10.3. The lowest BCUT2D eigenvalue weighted by Crippen LogP contribution is -2.21. The molecular formula is C20H22N4S2. The molecule has 0 saturated carbocycles. The Morgan fingerprint density at radius 2 is 1.77 bits per heavy atom. The highest BCUT2D eigenvalue weighted by Gasteiger charge is 2.28. The zero-order chi connectivity index (χ0) is 18.5. The van der Waals surface area contributed by atoms with Gasteiger partial charge in [-0.15, -0.1) is 0 Å². The molecule has 4 nitrogen and oxygen atoms in total. The van der Waals surface area contributed by atoms with Gasteiger partial charge in [0, 0.05) is 23.2 Å². The van der Waals surface area contributed by atoms with Crippen molar-refractivity contribution in [2.24, 2.45) is 0 Å². The number of nitrogens with zero attached hydrogens (tertiary/aromatic N) is 4. The Labute approximate surface area is 161 Å². The molecule has 0 bridgehead atoms. The Morgan fingerprint density at radius 1 is 0.962 bits per heavy atom. The van der Waals surface area contributed by atoms with Gasteiger partial charge in [-0.3, -0.25) is 9.97 Å². The summed E-state index contributed by atoms with van der Waals surface area (Å²) in [5, 5.41) is 0. The van der Waals surface area contributed by atoms with Gasteiger partial charge in [0.05, 0.1) is 15.3 Å². The molecule has 134 valence electrons. The molecule has 0 unspecified atom stereocenters. The Balaban J connectivity index is 1.70. The van der Waals surface area contributed by atoms with E-state index in [-0.39, 0.29) is 10.8 Å². The van der Waals surface area contributed by atoms with Crippen molar-refractivity contribution in [1.29, 1.82) is 0 Å². The molecule has 26 heavy (non-hydrogen) atoms. The van der Waals surface area contributed by atoms with Gasteiger partial charge in [-0.05, 0) is 53.2 Å². The van der Waals surface area contributed by atoms with Crippen LogP contribution < -0.4 is 0 Å². The van der Waals surface area contributed by atoms with Crippen LogP contribution >= 0.6 is 23.1 Å². The van der Waals surface area contributed by atoms with Gasteiger partial charge in [-0.25, -0.2) is 0 Å². The van der Waals surface area contributed by atoms with E-state index < -0.39 is 0 Å². The Bertz CT molecular complexity index is 1090. The number of pyridine rings is 2. The van der Waals surface area contributed by atoms with Crippen molar-refractivity contribution in [3.05, 3.63) is 46.7 Å². The van der Waals surface area contributed by atoms with Crippen LogP contribution in [0.4, 0.5) is 0 Å². The molecule has 4 rings (SSSR count). The summed E-state index contributed by atoms with van der Waals surface area (Å²) >= 11 is 3.08. The average molecular weight is 383 g/mol. The zero-order valence-corrected chi connectivity index (χ0v) is 17.3. The molecule has 0 aromatic carbocycles. The second-order valence-corrected chi connectivity index (χ2v) is 9.99. The quantitative estimate of drug-likeness (QED) is 0.468. The number of hydrogen-bond acceptors (Lipinski definition) is 6. The summed E-state index contributed by atoms with van der Waals surface area (Å²) in [6.45, 7) is 11.1. The van der Waals surface area contributed by atoms with E-state index in [4.69, 9.17) is 9.36 Å². The molecule has 0 aliphatic heterocycles. The van der Waals surface area contributed by atoms with E-state index in [1.54, 1.807) is 11.5 Å². The number of aromatic nitrogens is 4. The molecule has 4 heterocycles. The Kier molecular flexibility index (Phi) is 4.08. The SMILES string of the molecule is CC(C)(C)c1snc2cc(CC(C)(C)c3nsc4cccnc34)cnc12. The van der Waals surface area contributed by atoms with E-state index in [0.29, 0.717) is 0 Å². The number of fused-ring (bicyclic) bond motifs is 2. The third-order valence-corrected chi connectivity index (χ3v) is 6.65. The van der Waals surface area contributed by atoms with Crippen LogP contribution in [0.5, 0.6) is 0 Å². The highest BCUT2D eigenvalue weighted by Crippen LogP contribution is 2.35. The summed E-state index contributed by atoms with van der Waals surface area (Å²) in [6.07, 6.45) is 4.69. The molecule has 6 heteroatoms. The molecular weight excluding hydrogens is 360 g/mol. The van der Waals surface area contributed by atoms with Gasteiger partial charge in [-0.1, -0.05) is 34.6 Å². The maximum Gasteiger partial charge on any atom is 0.105 e. The van der Waals surface area contributed by atoms with Gasteiger partial charge in [-0.2, -0.15) is 8.75 Å². The van der Waals surface area contributed by atoms with Crippen molar-refractivity contribution < 1.29 is 0 Å². The van der Waals surface area contributed by atoms with E-state index in [0.717, 1.165) is 33.4 Å². The molecule has 4 aromatic heterocycles. The van der Waals surface area contributed by atoms with Gasteiger partial charge in [0.1, 0.15) is 16.6 Å². The van der Waals surface area contributed by atoms with Crippen LogP contribution in [0.1, 0.15) is 50.8 Å². The Hall–Kier alpha value is -1.92. The van der Waals surface area contributed by atoms with Gasteiger partial charge in [0.2, 0.25) is 0 Å². The summed E-state index contributed by atoms with van der Waals surface area (Å²) in [5.74, 6) is 0. The fourth-order valence-corrected chi connectivity index (χ4v) is 5.03. The number of rotatable bonds is 3. The number of hydrogen-bond donors (Lipinski definition) is 0. The zero-order valence-electron chi connectivity index (χ0n) is 15.7. The molecule has 0 aliphatic carbocycles. The van der Waals surface area contributed by atoms with Crippen LogP contribution in [0.2, 0.25) is 0 Å². The summed E-state index contributed by atoms with van der Waals surface area (Å²) in [5.41, 5.74) is 5.24. The fourth-order valence-electron chi connectivity index (χ4n) is 3.28. The minimum Gasteiger partial charge on any atom is -0.253 e. The van der Waals surface area contributed by atoms with Crippen molar-refractivity contribution in [3.63, 3.8) is 0 Å². The predicted octanol–water partition coefficient (Wildman–Crippen LogP) is 5.51. The summed E-state index contributed by atoms with van der Waals surface area (Å²) in [4.78, 5) is 10.5. The first-order chi connectivity index (χ1) is 12.3. The second kappa shape index (κ2) is 6.06. The van der Waals surface area contributed by atoms with Crippen LogP contribution in [-0.2, 0) is 17.3 Å². The van der Waals surface area contributed by atoms with Crippen molar-refractivity contribution in [2.75, 3.05) is 0 Å². The monoisotopic (exact) mass is 382 g/mol. The van der Waals surface area contributed by atoms with Crippen molar-refractivity contribution in [1.82, 2.24) is 18.7 Å². The van der Waals surface area contributed by atoms with E-state index in [9.17, 15) is 0 Å². The smallest absolute Gasteiger partial charge is 0.105 e. The lowest BCUT2D eigenvalue weighted by molar-refractivity contribution is 0.514. The maximum absolute atomic E-state index is 4.75. The Morgan fingerprint density at radius 3 is 2.54 bits per heavy atom. The van der Waals surface area contributed by atoms with Crippen LogP contribution in [0.3, 0.4) is 0 Å². The van der Waals surface area contributed by atoms with Crippen molar-refractivity contribution in [2.45, 2.75) is 51.9 Å². The molecule has 0 spiro atoms. The molecule has 0 atom stereocenters. The second-order valence-electron chi connectivity index (χ2n) is 8.41. The van der Waals surface area contributed by atoms with Crippen molar-refractivity contribution in [3.8, 4) is 0 Å². The van der Waals surface area contributed by atoms with E-state index in [1.807, 2.05) is 18.5 Å². The molecule has 0 fully saturated rings. The third-order valence-electron chi connectivity index (χ3n) is 4.57. The molecule has 0 aliphatic rings. The summed E-state index contributed by atoms with van der Waals surface area (Å²) in [7, 11) is 0. The predicted molar refractivity (Wildman–Crippen MR) is 110 cm³/mol. The minimum atomic E-state index is -0.120. The minimum absolute atomic E-state index is 0.0678. The molecule has 4 aromatic rings. The van der Waals surface area contributed by atoms with E-state index in [1.165, 1.54) is 22.0 Å². The topological polar surface area (TPSA) is 51.6 Å². The fraction of sp³-hybridized carbons (Fsp3) is 0.400. The molecule has 0 N–H and O–H groups in total. The van der Waals surface area contributed by atoms with E-state index >= 15 is 0 Å². The van der Waals surface area contributed by atoms with Gasteiger partial charge < -0.3 is 0 Å². The van der Waals surface area contributed by atoms with Gasteiger partial charge in [0.15, 0.2) is 0 Å². The first-order valence-electron chi connectivity index (χ1n) is 8.71. The third kappa shape index (κ3) is 3.01. The molecule has 0 saturated heterocycles. The summed E-state index contributed by atoms with van der Waals surface area (Å²) in [6, 6.07) is 6.22. The van der Waals surface area contributed by atoms with Crippen LogP contribution in [0.15, 0.2) is 30.6 Å². The normalized spacial score (nSPS) is 13.0. The van der Waals surface area contributed by atoms with Crippen LogP contribution in [0, 0.1) is 0 Å². The van der Waals surface area contributed by atoms with E-state index in [2.05, 4.69) is 56.1 Å². The van der Waals surface area contributed by atoms with Crippen LogP contribution in [0.25, 0.3) is 21.3 Å². The lowest BCUT2D eigenvalue weighted by atomic mass is 9.82. The average Bonchev–Trinajstić information content (AvgIpc) is 3.18. The lowest BCUT2D eigenvalue weighted by Gasteiger charge is -2.22. The highest BCUT2D eigenvalue weighted by atomic mass is 32.1. The largest absolute Gasteiger partial charge is 0.253 e. The van der Waals surface area contributed by atoms with Gasteiger partial charge >= 0.3 is 0 Å². The molecule has 0 amide bonds. The first kappa shape index (κ1) is 17.5. The summed E-state index contributed by atoms with van der Waals surface area (Å²) < 4.78 is 10.5.